The molecule has 0 aromatic heterocycles. The number of benzene rings is 4. The first-order valence-corrected chi connectivity index (χ1v) is 17.0. The molecule has 1 unspecified atom stereocenters. The minimum Gasteiger partial charge on any atom is -0.494 e. The predicted octanol–water partition coefficient (Wildman–Crippen LogP) is 6.06. The van der Waals surface area contributed by atoms with Crippen molar-refractivity contribution in [3.63, 3.8) is 0 Å². The summed E-state index contributed by atoms with van der Waals surface area (Å²) in [6.45, 7) is 8.23. The molecule has 0 radical (unpaired) electrons. The number of nitrogens with zero attached hydrogens (tertiary/aromatic N) is 2. The number of rotatable bonds is 15. The van der Waals surface area contributed by atoms with Crippen molar-refractivity contribution in [2.75, 3.05) is 24.0 Å². The number of hydrogen-bond acceptors (Lipinski definition) is 5. The first kappa shape index (κ1) is 34.2. The lowest BCUT2D eigenvalue weighted by Gasteiger charge is -2.34. The summed E-state index contributed by atoms with van der Waals surface area (Å²) < 4.78 is 35.1. The fourth-order valence-electron chi connectivity index (χ4n) is 5.05. The van der Waals surface area contributed by atoms with Crippen molar-refractivity contribution in [3.8, 4) is 5.75 Å². The molecule has 0 aliphatic heterocycles. The van der Waals surface area contributed by atoms with Crippen LogP contribution in [0.15, 0.2) is 108 Å². The largest absolute Gasteiger partial charge is 0.494 e. The van der Waals surface area contributed by atoms with Gasteiger partial charge in [0, 0.05) is 19.5 Å². The molecule has 0 spiro atoms. The number of hydrogen-bond donors (Lipinski definition) is 1. The number of carbonyl (C=O) groups is 2. The Kier molecular flexibility index (Phi) is 12.0. The monoisotopic (exact) mass is 641 g/mol. The van der Waals surface area contributed by atoms with Gasteiger partial charge in [-0.05, 0) is 74.7 Å². The average Bonchev–Trinajstić information content (AvgIpc) is 3.06. The summed E-state index contributed by atoms with van der Waals surface area (Å²) in [4.78, 5) is 29.8. The molecular formula is C37H43N3O5S. The van der Waals surface area contributed by atoms with Crippen LogP contribution in [0.1, 0.15) is 42.5 Å². The second-order valence-electron chi connectivity index (χ2n) is 11.3. The van der Waals surface area contributed by atoms with Crippen LogP contribution in [0.2, 0.25) is 0 Å². The topological polar surface area (TPSA) is 96.0 Å². The van der Waals surface area contributed by atoms with Gasteiger partial charge in [0.05, 0.1) is 17.2 Å². The first-order valence-electron chi connectivity index (χ1n) is 15.6. The third kappa shape index (κ3) is 8.97. The molecule has 1 atom stereocenters. The highest BCUT2D eigenvalue weighted by molar-refractivity contribution is 7.92. The van der Waals surface area contributed by atoms with E-state index in [0.29, 0.717) is 24.6 Å². The van der Waals surface area contributed by atoms with Crippen LogP contribution in [-0.4, -0.2) is 50.9 Å². The predicted molar refractivity (Wildman–Crippen MR) is 182 cm³/mol. The van der Waals surface area contributed by atoms with Gasteiger partial charge in [0.15, 0.2) is 0 Å². The number of ether oxygens (including phenoxy) is 1. The number of sulfonamides is 1. The lowest BCUT2D eigenvalue weighted by molar-refractivity contribution is -0.140. The molecule has 242 valence electrons. The van der Waals surface area contributed by atoms with E-state index in [9.17, 15) is 18.0 Å². The van der Waals surface area contributed by atoms with Crippen LogP contribution < -0.4 is 14.4 Å². The van der Waals surface area contributed by atoms with E-state index in [1.165, 1.54) is 17.0 Å². The number of carbonyl (C=O) groups excluding carboxylic acids is 2. The van der Waals surface area contributed by atoms with E-state index in [-0.39, 0.29) is 23.8 Å². The van der Waals surface area contributed by atoms with E-state index in [1.807, 2.05) is 82.3 Å². The van der Waals surface area contributed by atoms with Crippen molar-refractivity contribution < 1.29 is 22.7 Å². The summed E-state index contributed by atoms with van der Waals surface area (Å²) in [7, 11) is -4.20. The van der Waals surface area contributed by atoms with Crippen LogP contribution in [-0.2, 0) is 32.6 Å². The Bertz CT molecular complexity index is 1670. The van der Waals surface area contributed by atoms with Crippen molar-refractivity contribution >= 4 is 27.5 Å². The van der Waals surface area contributed by atoms with Gasteiger partial charge in [0.25, 0.3) is 10.0 Å². The van der Waals surface area contributed by atoms with E-state index in [1.54, 1.807) is 36.4 Å². The van der Waals surface area contributed by atoms with Gasteiger partial charge in [0.2, 0.25) is 11.8 Å². The molecule has 0 aliphatic rings. The van der Waals surface area contributed by atoms with Crippen molar-refractivity contribution in [2.45, 2.75) is 58.0 Å². The molecule has 9 heteroatoms. The Labute approximate surface area is 273 Å². The lowest BCUT2D eigenvalue weighted by Crippen LogP contribution is -2.53. The van der Waals surface area contributed by atoms with Crippen LogP contribution in [0.25, 0.3) is 0 Å². The Hall–Kier alpha value is -4.63. The second kappa shape index (κ2) is 16.1. The van der Waals surface area contributed by atoms with Gasteiger partial charge in [-0.2, -0.15) is 0 Å². The minimum absolute atomic E-state index is 0.0240. The molecule has 4 aromatic carbocycles. The maximum Gasteiger partial charge on any atom is 0.264 e. The number of nitrogens with one attached hydrogen (secondary N) is 1. The quantitative estimate of drug-likeness (QED) is 0.170. The molecular weight excluding hydrogens is 598 g/mol. The molecule has 8 nitrogen and oxygen atoms in total. The van der Waals surface area contributed by atoms with E-state index in [0.717, 1.165) is 33.0 Å². The molecule has 0 bridgehead atoms. The Morgan fingerprint density at radius 3 is 1.98 bits per heavy atom. The number of amides is 2. The molecule has 0 fully saturated rings. The molecule has 0 heterocycles. The molecule has 0 saturated heterocycles. The summed E-state index contributed by atoms with van der Waals surface area (Å²) in [6, 6.07) is 29.6. The highest BCUT2D eigenvalue weighted by Gasteiger charge is 2.34. The third-order valence-electron chi connectivity index (χ3n) is 7.62. The maximum absolute atomic E-state index is 14.5. The highest BCUT2D eigenvalue weighted by atomic mass is 32.2. The Balaban J connectivity index is 1.78. The molecule has 1 N–H and O–H groups in total. The van der Waals surface area contributed by atoms with Crippen LogP contribution in [0, 0.1) is 13.8 Å². The molecule has 4 aromatic rings. The summed E-state index contributed by atoms with van der Waals surface area (Å²) >= 11 is 0. The van der Waals surface area contributed by atoms with Gasteiger partial charge in [-0.1, -0.05) is 84.8 Å². The van der Waals surface area contributed by atoms with Crippen LogP contribution in [0.4, 0.5) is 5.69 Å². The zero-order valence-corrected chi connectivity index (χ0v) is 27.8. The van der Waals surface area contributed by atoms with Crippen molar-refractivity contribution in [1.29, 1.82) is 0 Å². The summed E-state index contributed by atoms with van der Waals surface area (Å²) in [5.41, 5.74) is 4.08. The van der Waals surface area contributed by atoms with Gasteiger partial charge < -0.3 is 15.0 Å². The molecule has 46 heavy (non-hydrogen) atoms. The second-order valence-corrected chi connectivity index (χ2v) is 13.1. The van der Waals surface area contributed by atoms with Gasteiger partial charge >= 0.3 is 0 Å². The normalized spacial score (nSPS) is 11.8. The zero-order valence-electron chi connectivity index (χ0n) is 27.0. The number of aryl methyl sites for hydroxylation is 2. The fraction of sp³-hybridized carbons (Fsp3) is 0.297. The summed E-state index contributed by atoms with van der Waals surface area (Å²) in [5.74, 6) is -0.240. The molecule has 2 amide bonds. The molecule has 0 saturated carbocycles. The van der Waals surface area contributed by atoms with Gasteiger partial charge in [-0.3, -0.25) is 13.9 Å². The zero-order chi connectivity index (χ0) is 33.1. The van der Waals surface area contributed by atoms with Crippen molar-refractivity contribution in [2.24, 2.45) is 0 Å². The Morgan fingerprint density at radius 1 is 0.783 bits per heavy atom. The van der Waals surface area contributed by atoms with E-state index in [4.69, 9.17) is 4.74 Å². The summed E-state index contributed by atoms with van der Waals surface area (Å²) in [5, 5.41) is 2.97. The highest BCUT2D eigenvalue weighted by Crippen LogP contribution is 2.27. The van der Waals surface area contributed by atoms with Gasteiger partial charge in [-0.15, -0.1) is 0 Å². The molecule has 4 rings (SSSR count). The summed E-state index contributed by atoms with van der Waals surface area (Å²) in [6.07, 6.45) is 1.00. The van der Waals surface area contributed by atoms with Crippen LogP contribution in [0.5, 0.6) is 5.75 Å². The SMILES string of the molecule is CCCNC(=O)C(Cc1ccccc1)N(Cc1ccc(C)cc1)C(=O)CN(c1ccc(C)cc1)S(=O)(=O)c1ccc(OCC)cc1. The standard InChI is InChI=1S/C37H43N3O5S/c1-5-24-38-37(42)35(25-30-10-8-7-9-11-30)39(26-31-16-12-28(3)13-17-31)36(41)27-40(32-18-14-29(4)15-19-32)46(43,44)34-22-20-33(21-23-34)45-6-2/h7-23,35H,5-6,24-27H2,1-4H3,(H,38,42). The third-order valence-corrected chi connectivity index (χ3v) is 9.41. The van der Waals surface area contributed by atoms with Gasteiger partial charge in [-0.25, -0.2) is 8.42 Å². The number of anilines is 1. The lowest BCUT2D eigenvalue weighted by atomic mass is 10.0. The maximum atomic E-state index is 14.5. The van der Waals surface area contributed by atoms with Crippen LogP contribution >= 0.6 is 0 Å². The first-order chi connectivity index (χ1) is 22.1. The smallest absolute Gasteiger partial charge is 0.264 e. The minimum atomic E-state index is -4.20. The van der Waals surface area contributed by atoms with E-state index >= 15 is 0 Å². The van der Waals surface area contributed by atoms with Crippen molar-refractivity contribution in [3.05, 3.63) is 125 Å². The van der Waals surface area contributed by atoms with Crippen LogP contribution in [0.3, 0.4) is 0 Å². The van der Waals surface area contributed by atoms with Crippen molar-refractivity contribution in [1.82, 2.24) is 10.2 Å². The van der Waals surface area contributed by atoms with Gasteiger partial charge in [0.1, 0.15) is 18.3 Å². The average molecular weight is 642 g/mol. The molecule has 0 aliphatic carbocycles. The van der Waals surface area contributed by atoms with E-state index in [2.05, 4.69) is 5.32 Å². The van der Waals surface area contributed by atoms with E-state index < -0.39 is 28.5 Å². The Morgan fingerprint density at radius 2 is 1.39 bits per heavy atom. The fourth-order valence-corrected chi connectivity index (χ4v) is 6.47.